The van der Waals surface area contributed by atoms with Gasteiger partial charge in [0, 0.05) is 12.5 Å². The van der Waals surface area contributed by atoms with E-state index in [9.17, 15) is 0 Å². The molecule has 3 heteroatoms. The standard InChI is InChI=1S/C20H28N2O/c1-17-8-7-11-19(16-18-9-3-2-4-10-18)20(17)21-23-15-14-22-12-5-6-13-22/h2-4,9-10,16-17H,5-8,11-15H2,1H3/t17-/m0/s1. The lowest BCUT2D eigenvalue weighted by atomic mass is 9.84. The van der Waals surface area contributed by atoms with Crippen LogP contribution in [0, 0.1) is 5.92 Å². The van der Waals surface area contributed by atoms with Crippen molar-refractivity contribution in [3.05, 3.63) is 41.5 Å². The third kappa shape index (κ3) is 4.68. The third-order valence-electron chi connectivity index (χ3n) is 4.88. The molecule has 1 heterocycles. The van der Waals surface area contributed by atoms with E-state index in [-0.39, 0.29) is 0 Å². The smallest absolute Gasteiger partial charge is 0.129 e. The molecule has 1 aliphatic carbocycles. The second-order valence-corrected chi connectivity index (χ2v) is 6.73. The predicted molar refractivity (Wildman–Crippen MR) is 96.5 cm³/mol. The number of benzene rings is 1. The molecule has 0 aromatic heterocycles. The molecule has 0 N–H and O–H groups in total. The fraction of sp³-hybridized carbons (Fsp3) is 0.550. The summed E-state index contributed by atoms with van der Waals surface area (Å²) in [7, 11) is 0. The number of hydrogen-bond acceptors (Lipinski definition) is 3. The minimum absolute atomic E-state index is 0.491. The third-order valence-corrected chi connectivity index (χ3v) is 4.88. The highest BCUT2D eigenvalue weighted by molar-refractivity contribution is 6.05. The van der Waals surface area contributed by atoms with Gasteiger partial charge in [-0.05, 0) is 62.4 Å². The van der Waals surface area contributed by atoms with E-state index in [1.54, 1.807) is 0 Å². The maximum atomic E-state index is 5.68. The summed E-state index contributed by atoms with van der Waals surface area (Å²) in [5.41, 5.74) is 3.75. The lowest BCUT2D eigenvalue weighted by Gasteiger charge is -2.23. The maximum absolute atomic E-state index is 5.68. The Morgan fingerprint density at radius 2 is 1.96 bits per heavy atom. The minimum atomic E-state index is 0.491. The summed E-state index contributed by atoms with van der Waals surface area (Å²) in [5, 5.41) is 4.52. The summed E-state index contributed by atoms with van der Waals surface area (Å²) in [6, 6.07) is 10.5. The van der Waals surface area contributed by atoms with Crippen LogP contribution in [0.2, 0.25) is 0 Å². The Balaban J connectivity index is 1.63. The van der Waals surface area contributed by atoms with Crippen molar-refractivity contribution in [3.8, 4) is 0 Å². The lowest BCUT2D eigenvalue weighted by molar-refractivity contribution is 0.117. The highest BCUT2D eigenvalue weighted by atomic mass is 16.6. The zero-order chi connectivity index (χ0) is 15.9. The first-order valence-corrected chi connectivity index (χ1v) is 9.01. The van der Waals surface area contributed by atoms with Gasteiger partial charge in [-0.2, -0.15) is 0 Å². The average Bonchev–Trinajstić information content (AvgIpc) is 3.08. The molecule has 3 rings (SSSR count). The van der Waals surface area contributed by atoms with E-state index in [0.29, 0.717) is 12.5 Å². The second-order valence-electron chi connectivity index (χ2n) is 6.73. The topological polar surface area (TPSA) is 24.8 Å². The van der Waals surface area contributed by atoms with Crippen LogP contribution in [0.15, 0.2) is 41.1 Å². The summed E-state index contributed by atoms with van der Waals surface area (Å²) in [6.45, 7) is 6.41. The van der Waals surface area contributed by atoms with Crippen LogP contribution in [0.25, 0.3) is 6.08 Å². The highest BCUT2D eigenvalue weighted by Crippen LogP contribution is 2.28. The van der Waals surface area contributed by atoms with Crippen LogP contribution in [0.1, 0.15) is 44.6 Å². The van der Waals surface area contributed by atoms with Gasteiger partial charge in [0.15, 0.2) is 0 Å². The van der Waals surface area contributed by atoms with E-state index < -0.39 is 0 Å². The van der Waals surface area contributed by atoms with Crippen molar-refractivity contribution in [1.29, 1.82) is 0 Å². The van der Waals surface area contributed by atoms with Gasteiger partial charge in [-0.15, -0.1) is 0 Å². The van der Waals surface area contributed by atoms with Crippen LogP contribution in [-0.4, -0.2) is 36.9 Å². The van der Waals surface area contributed by atoms with E-state index in [1.165, 1.54) is 49.9 Å². The second kappa shape index (κ2) is 8.30. The molecule has 0 unspecified atom stereocenters. The van der Waals surface area contributed by atoms with Gasteiger partial charge in [-0.3, -0.25) is 4.90 Å². The van der Waals surface area contributed by atoms with Crippen LogP contribution in [0.4, 0.5) is 0 Å². The van der Waals surface area contributed by atoms with Crippen LogP contribution in [0.5, 0.6) is 0 Å². The number of rotatable bonds is 5. The number of allylic oxidation sites excluding steroid dienone is 1. The largest absolute Gasteiger partial charge is 0.394 e. The van der Waals surface area contributed by atoms with E-state index >= 15 is 0 Å². The fourth-order valence-electron chi connectivity index (χ4n) is 3.52. The normalized spacial score (nSPS) is 26.0. The molecule has 2 aliphatic rings. The quantitative estimate of drug-likeness (QED) is 0.596. The molecular formula is C20H28N2O. The predicted octanol–water partition coefficient (Wildman–Crippen LogP) is 4.36. The Hall–Kier alpha value is -1.61. The molecule has 3 nitrogen and oxygen atoms in total. The monoisotopic (exact) mass is 312 g/mol. The minimum Gasteiger partial charge on any atom is -0.394 e. The van der Waals surface area contributed by atoms with Crippen molar-refractivity contribution in [2.24, 2.45) is 11.1 Å². The Bertz CT molecular complexity index is 544. The maximum Gasteiger partial charge on any atom is 0.129 e. The summed E-state index contributed by atoms with van der Waals surface area (Å²) < 4.78 is 0. The van der Waals surface area contributed by atoms with Gasteiger partial charge < -0.3 is 4.84 Å². The molecule has 1 atom stereocenters. The summed E-state index contributed by atoms with van der Waals surface area (Å²) in [4.78, 5) is 8.14. The first-order valence-electron chi connectivity index (χ1n) is 9.01. The van der Waals surface area contributed by atoms with Crippen LogP contribution in [-0.2, 0) is 4.84 Å². The van der Waals surface area contributed by atoms with Crippen molar-refractivity contribution in [2.45, 2.75) is 39.0 Å². The zero-order valence-electron chi connectivity index (χ0n) is 14.2. The van der Waals surface area contributed by atoms with Crippen molar-refractivity contribution >= 4 is 11.8 Å². The van der Waals surface area contributed by atoms with Crippen molar-refractivity contribution in [1.82, 2.24) is 4.90 Å². The molecule has 0 spiro atoms. The Kier molecular flexibility index (Phi) is 5.87. The summed E-state index contributed by atoms with van der Waals surface area (Å²) >= 11 is 0. The molecule has 1 saturated heterocycles. The Labute approximate surface area is 140 Å². The van der Waals surface area contributed by atoms with Gasteiger partial charge in [0.2, 0.25) is 0 Å². The molecule has 0 radical (unpaired) electrons. The molecule has 1 saturated carbocycles. The Morgan fingerprint density at radius 3 is 2.74 bits per heavy atom. The van der Waals surface area contributed by atoms with E-state index in [4.69, 9.17) is 4.84 Å². The van der Waals surface area contributed by atoms with E-state index in [0.717, 1.165) is 18.7 Å². The van der Waals surface area contributed by atoms with Crippen molar-refractivity contribution in [2.75, 3.05) is 26.2 Å². The molecule has 0 bridgehead atoms. The molecule has 0 amide bonds. The number of hydrogen-bond donors (Lipinski definition) is 0. The van der Waals surface area contributed by atoms with Gasteiger partial charge in [-0.1, -0.05) is 42.4 Å². The van der Waals surface area contributed by atoms with Gasteiger partial charge in [0.1, 0.15) is 6.61 Å². The molecule has 2 fully saturated rings. The zero-order valence-corrected chi connectivity index (χ0v) is 14.2. The molecule has 1 aromatic rings. The fourth-order valence-corrected chi connectivity index (χ4v) is 3.52. The van der Waals surface area contributed by atoms with Gasteiger partial charge in [0.05, 0.1) is 5.71 Å². The number of oxime groups is 1. The molecule has 23 heavy (non-hydrogen) atoms. The lowest BCUT2D eigenvalue weighted by Crippen LogP contribution is -2.24. The Morgan fingerprint density at radius 1 is 1.17 bits per heavy atom. The average molecular weight is 312 g/mol. The summed E-state index contributed by atoms with van der Waals surface area (Å²) in [5.74, 6) is 0.491. The van der Waals surface area contributed by atoms with E-state index in [2.05, 4.69) is 53.4 Å². The highest BCUT2D eigenvalue weighted by Gasteiger charge is 2.21. The van der Waals surface area contributed by atoms with Gasteiger partial charge in [0.25, 0.3) is 0 Å². The number of nitrogens with zero attached hydrogens (tertiary/aromatic N) is 2. The van der Waals surface area contributed by atoms with E-state index in [1.807, 2.05) is 0 Å². The first kappa shape index (κ1) is 16.3. The summed E-state index contributed by atoms with van der Waals surface area (Å²) in [6.07, 6.45) is 8.49. The van der Waals surface area contributed by atoms with Crippen LogP contribution >= 0.6 is 0 Å². The van der Waals surface area contributed by atoms with Crippen molar-refractivity contribution in [3.63, 3.8) is 0 Å². The van der Waals surface area contributed by atoms with Crippen molar-refractivity contribution < 1.29 is 4.84 Å². The van der Waals surface area contributed by atoms with Crippen LogP contribution in [0.3, 0.4) is 0 Å². The molecule has 1 aromatic carbocycles. The molecular weight excluding hydrogens is 284 g/mol. The van der Waals surface area contributed by atoms with Gasteiger partial charge >= 0.3 is 0 Å². The number of likely N-dealkylation sites (tertiary alicyclic amines) is 1. The van der Waals surface area contributed by atoms with Crippen LogP contribution < -0.4 is 0 Å². The SMILES string of the molecule is C[C@H]1CCCC(=Cc2ccccc2)C1=NOCCN1CCCC1. The first-order chi connectivity index (χ1) is 11.3. The molecule has 1 aliphatic heterocycles. The molecule has 124 valence electrons. The van der Waals surface area contributed by atoms with Gasteiger partial charge in [-0.25, -0.2) is 0 Å².